The maximum atomic E-state index is 2.41. The van der Waals surface area contributed by atoms with Crippen molar-refractivity contribution >= 4 is 38.9 Å². The fraction of sp³-hybridized carbons (Fsp3) is 0.0357. The highest BCUT2D eigenvalue weighted by Crippen LogP contribution is 2.40. The maximum Gasteiger partial charge on any atom is 0.0541 e. The molecule has 1 heterocycles. The molecule has 2 nitrogen and oxygen atoms in total. The van der Waals surface area contributed by atoms with Gasteiger partial charge in [-0.2, -0.15) is 0 Å². The Morgan fingerprint density at radius 2 is 0.707 bits per heavy atom. The average Bonchev–Trinajstić information content (AvgIpc) is 3.60. The molecule has 0 saturated carbocycles. The van der Waals surface area contributed by atoms with E-state index in [1.54, 1.807) is 0 Å². The SMILES string of the molecule is Cc1ccc2c(c1)c1cc(C)ccc1n2-c1cccc(-c2cccc(N(c3ccc(-c4ccccc4)cc3)c3ccc(-c4cccc(-c5ccccc5)c4)cc3)c2)c1. The second kappa shape index (κ2) is 14.9. The van der Waals surface area contributed by atoms with E-state index in [1.807, 2.05) is 0 Å². The van der Waals surface area contributed by atoms with E-state index in [1.165, 1.54) is 71.9 Å². The zero-order chi connectivity index (χ0) is 39.0. The van der Waals surface area contributed by atoms with E-state index in [9.17, 15) is 0 Å². The maximum absolute atomic E-state index is 2.41. The molecule has 0 unspecified atom stereocenters. The first kappa shape index (κ1) is 35.0. The van der Waals surface area contributed by atoms with Gasteiger partial charge in [-0.15, -0.1) is 0 Å². The van der Waals surface area contributed by atoms with Gasteiger partial charge < -0.3 is 9.47 Å². The Hall–Kier alpha value is -7.42. The highest BCUT2D eigenvalue weighted by Gasteiger charge is 2.17. The molecule has 0 fully saturated rings. The minimum absolute atomic E-state index is 1.09. The molecule has 10 rings (SSSR count). The number of fused-ring (bicyclic) bond motifs is 3. The third-order valence-electron chi connectivity index (χ3n) is 11.3. The molecule has 58 heavy (non-hydrogen) atoms. The molecule has 0 bridgehead atoms. The smallest absolute Gasteiger partial charge is 0.0541 e. The molecule has 276 valence electrons. The van der Waals surface area contributed by atoms with Crippen LogP contribution >= 0.6 is 0 Å². The second-order valence-corrected chi connectivity index (χ2v) is 15.2. The molecule has 0 amide bonds. The molecule has 0 aliphatic rings. The topological polar surface area (TPSA) is 8.17 Å². The third-order valence-corrected chi connectivity index (χ3v) is 11.3. The van der Waals surface area contributed by atoms with Gasteiger partial charge in [0.15, 0.2) is 0 Å². The van der Waals surface area contributed by atoms with Gasteiger partial charge in [-0.1, -0.05) is 151 Å². The molecule has 0 aliphatic carbocycles. The largest absolute Gasteiger partial charge is 0.310 e. The van der Waals surface area contributed by atoms with Gasteiger partial charge in [-0.3, -0.25) is 0 Å². The number of benzene rings is 9. The molecular formula is C56H42N2. The Morgan fingerprint density at radius 1 is 0.293 bits per heavy atom. The van der Waals surface area contributed by atoms with Crippen molar-refractivity contribution in [2.45, 2.75) is 13.8 Å². The van der Waals surface area contributed by atoms with E-state index in [2.05, 4.69) is 242 Å². The monoisotopic (exact) mass is 742 g/mol. The summed E-state index contributed by atoms with van der Waals surface area (Å²) in [6.07, 6.45) is 0. The zero-order valence-electron chi connectivity index (χ0n) is 32.7. The number of aromatic nitrogens is 1. The molecule has 2 heteroatoms. The molecule has 0 saturated heterocycles. The lowest BCUT2D eigenvalue weighted by Gasteiger charge is -2.26. The fourth-order valence-electron chi connectivity index (χ4n) is 8.37. The van der Waals surface area contributed by atoms with Gasteiger partial charge >= 0.3 is 0 Å². The van der Waals surface area contributed by atoms with E-state index in [0.29, 0.717) is 0 Å². The van der Waals surface area contributed by atoms with Gasteiger partial charge in [0, 0.05) is 33.5 Å². The van der Waals surface area contributed by atoms with E-state index >= 15 is 0 Å². The van der Waals surface area contributed by atoms with Gasteiger partial charge in [0.25, 0.3) is 0 Å². The Morgan fingerprint density at radius 3 is 1.26 bits per heavy atom. The lowest BCUT2D eigenvalue weighted by molar-refractivity contribution is 1.18. The Bertz CT molecular complexity index is 2990. The first-order valence-corrected chi connectivity index (χ1v) is 20.0. The minimum Gasteiger partial charge on any atom is -0.310 e. The quantitative estimate of drug-likeness (QED) is 0.150. The predicted molar refractivity (Wildman–Crippen MR) is 247 cm³/mol. The highest BCUT2D eigenvalue weighted by molar-refractivity contribution is 6.09. The van der Waals surface area contributed by atoms with Crippen LogP contribution in [0.3, 0.4) is 0 Å². The predicted octanol–water partition coefficient (Wildman–Crippen LogP) is 15.5. The van der Waals surface area contributed by atoms with Gasteiger partial charge in [-0.05, 0) is 137 Å². The number of hydrogen-bond acceptors (Lipinski definition) is 1. The van der Waals surface area contributed by atoms with Gasteiger partial charge in [-0.25, -0.2) is 0 Å². The summed E-state index contributed by atoms with van der Waals surface area (Å²) in [5, 5.41) is 2.57. The summed E-state index contributed by atoms with van der Waals surface area (Å²) in [5.41, 5.74) is 19.0. The van der Waals surface area contributed by atoms with Crippen molar-refractivity contribution in [3.8, 4) is 50.2 Å². The molecule has 0 aliphatic heterocycles. The Kier molecular flexibility index (Phi) is 9.01. The van der Waals surface area contributed by atoms with Crippen LogP contribution in [0.25, 0.3) is 72.0 Å². The van der Waals surface area contributed by atoms with Crippen LogP contribution in [0.15, 0.2) is 218 Å². The number of hydrogen-bond donors (Lipinski definition) is 0. The van der Waals surface area contributed by atoms with Crippen LogP contribution in [-0.4, -0.2) is 4.57 Å². The normalized spacial score (nSPS) is 11.3. The van der Waals surface area contributed by atoms with Crippen LogP contribution < -0.4 is 4.90 Å². The van der Waals surface area contributed by atoms with Crippen LogP contribution in [0.4, 0.5) is 17.1 Å². The molecule has 0 radical (unpaired) electrons. The number of nitrogens with zero attached hydrogens (tertiary/aromatic N) is 2. The third kappa shape index (κ3) is 6.65. The minimum atomic E-state index is 1.09. The van der Waals surface area contributed by atoms with Crippen LogP contribution in [0.5, 0.6) is 0 Å². The molecule has 1 aromatic heterocycles. The second-order valence-electron chi connectivity index (χ2n) is 15.2. The van der Waals surface area contributed by atoms with E-state index in [-0.39, 0.29) is 0 Å². The van der Waals surface area contributed by atoms with Gasteiger partial charge in [0.2, 0.25) is 0 Å². The zero-order valence-corrected chi connectivity index (χ0v) is 32.7. The molecule has 10 aromatic rings. The molecule has 0 spiro atoms. The van der Waals surface area contributed by atoms with Crippen LogP contribution in [0.2, 0.25) is 0 Å². The number of aryl methyl sites for hydroxylation is 2. The summed E-state index contributed by atoms with van der Waals surface area (Å²) >= 11 is 0. The van der Waals surface area contributed by atoms with Crippen molar-refractivity contribution in [1.29, 1.82) is 0 Å². The van der Waals surface area contributed by atoms with Crippen molar-refractivity contribution in [3.63, 3.8) is 0 Å². The Labute approximate surface area is 340 Å². The Balaban J connectivity index is 1.05. The van der Waals surface area contributed by atoms with Crippen LogP contribution in [0.1, 0.15) is 11.1 Å². The summed E-state index contributed by atoms with van der Waals surface area (Å²) in [7, 11) is 0. The van der Waals surface area contributed by atoms with E-state index < -0.39 is 0 Å². The number of rotatable bonds is 8. The lowest BCUT2D eigenvalue weighted by Crippen LogP contribution is -2.10. The molecule has 0 atom stereocenters. The summed E-state index contributed by atoms with van der Waals surface area (Å²) in [5.74, 6) is 0. The first-order chi connectivity index (χ1) is 28.6. The summed E-state index contributed by atoms with van der Waals surface area (Å²) in [4.78, 5) is 2.37. The molecular weight excluding hydrogens is 701 g/mol. The van der Waals surface area contributed by atoms with E-state index in [4.69, 9.17) is 0 Å². The summed E-state index contributed by atoms with van der Waals surface area (Å²) in [6, 6.07) is 79.4. The lowest BCUT2D eigenvalue weighted by atomic mass is 9.98. The summed E-state index contributed by atoms with van der Waals surface area (Å²) < 4.78 is 2.41. The van der Waals surface area contributed by atoms with Crippen molar-refractivity contribution in [2.24, 2.45) is 0 Å². The van der Waals surface area contributed by atoms with Crippen LogP contribution in [0, 0.1) is 13.8 Å². The van der Waals surface area contributed by atoms with Crippen molar-refractivity contribution < 1.29 is 0 Å². The fourth-order valence-corrected chi connectivity index (χ4v) is 8.37. The van der Waals surface area contributed by atoms with Gasteiger partial charge in [0.05, 0.1) is 11.0 Å². The highest BCUT2D eigenvalue weighted by atomic mass is 15.1. The van der Waals surface area contributed by atoms with Crippen molar-refractivity contribution in [3.05, 3.63) is 230 Å². The summed E-state index contributed by atoms with van der Waals surface area (Å²) in [6.45, 7) is 4.35. The van der Waals surface area contributed by atoms with Crippen LogP contribution in [-0.2, 0) is 0 Å². The number of anilines is 3. The van der Waals surface area contributed by atoms with Gasteiger partial charge in [0.1, 0.15) is 0 Å². The standard InChI is InChI=1S/C56H42N2/c1-39-22-32-55-53(34-39)54-35-40(2)23-33-56(54)58(55)52-21-11-19-48(38-52)47-18-10-20-51(37-47)57(49-28-24-43(25-29-49)41-12-5-3-6-13-41)50-30-26-44(27-31-50)46-17-9-16-45(36-46)42-14-7-4-8-15-42/h3-38H,1-2H3. The average molecular weight is 743 g/mol. The van der Waals surface area contributed by atoms with Crippen molar-refractivity contribution in [1.82, 2.24) is 4.57 Å². The van der Waals surface area contributed by atoms with Crippen molar-refractivity contribution in [2.75, 3.05) is 4.90 Å². The molecule has 9 aromatic carbocycles. The molecule has 0 N–H and O–H groups in total. The first-order valence-electron chi connectivity index (χ1n) is 20.0. The van der Waals surface area contributed by atoms with E-state index in [0.717, 1.165) is 28.3 Å².